The average Bonchev–Trinajstić information content (AvgIpc) is 2.79. The van der Waals surface area contributed by atoms with Crippen molar-refractivity contribution in [3.8, 4) is 5.75 Å². The van der Waals surface area contributed by atoms with Gasteiger partial charge in [0.1, 0.15) is 11.4 Å². The van der Waals surface area contributed by atoms with Gasteiger partial charge in [-0.2, -0.15) is 0 Å². The van der Waals surface area contributed by atoms with Crippen LogP contribution in [0.4, 0.5) is 0 Å². The van der Waals surface area contributed by atoms with E-state index in [0.29, 0.717) is 0 Å². The number of ether oxygens (including phenoxy) is 2. The van der Waals surface area contributed by atoms with E-state index in [1.165, 1.54) is 19.3 Å². The van der Waals surface area contributed by atoms with Gasteiger partial charge in [-0.05, 0) is 41.7 Å². The van der Waals surface area contributed by atoms with E-state index in [-0.39, 0.29) is 6.10 Å². The third-order valence-corrected chi connectivity index (χ3v) is 5.75. The first-order valence-electron chi connectivity index (χ1n) is 10.3. The summed E-state index contributed by atoms with van der Waals surface area (Å²) in [7, 11) is 1.70. The second-order valence-corrected chi connectivity index (χ2v) is 7.52. The summed E-state index contributed by atoms with van der Waals surface area (Å²) < 4.78 is 12.5. The third kappa shape index (κ3) is 3.70. The molecule has 1 fully saturated rings. The smallest absolute Gasteiger partial charge is 0.144 e. The molecular formula is C26H28O2. The van der Waals surface area contributed by atoms with E-state index >= 15 is 0 Å². The van der Waals surface area contributed by atoms with Gasteiger partial charge in [-0.25, -0.2) is 0 Å². The van der Waals surface area contributed by atoms with Crippen LogP contribution in [0.5, 0.6) is 5.75 Å². The first kappa shape index (κ1) is 18.8. The van der Waals surface area contributed by atoms with Crippen molar-refractivity contribution in [3.05, 3.63) is 102 Å². The third-order valence-electron chi connectivity index (χ3n) is 5.75. The van der Waals surface area contributed by atoms with Crippen molar-refractivity contribution in [3.63, 3.8) is 0 Å². The minimum Gasteiger partial charge on any atom is -0.497 e. The van der Waals surface area contributed by atoms with E-state index in [2.05, 4.69) is 72.8 Å². The Bertz CT molecular complexity index is 810. The molecule has 1 saturated carbocycles. The lowest BCUT2D eigenvalue weighted by Crippen LogP contribution is -2.37. The monoisotopic (exact) mass is 372 g/mol. The summed E-state index contributed by atoms with van der Waals surface area (Å²) in [6.45, 7) is 0. The highest BCUT2D eigenvalue weighted by Gasteiger charge is 2.40. The SMILES string of the molecule is COc1ccc(C(OC2CCCCC2)(c2ccccc2)c2ccccc2)cc1. The summed E-state index contributed by atoms with van der Waals surface area (Å²) in [4.78, 5) is 0. The maximum absolute atomic E-state index is 7.07. The molecule has 3 aromatic carbocycles. The van der Waals surface area contributed by atoms with Gasteiger partial charge in [-0.15, -0.1) is 0 Å². The summed E-state index contributed by atoms with van der Waals surface area (Å²) in [5.41, 5.74) is 2.83. The summed E-state index contributed by atoms with van der Waals surface area (Å²) in [6, 6.07) is 29.6. The van der Waals surface area contributed by atoms with Crippen LogP contribution in [-0.4, -0.2) is 13.2 Å². The fourth-order valence-corrected chi connectivity index (χ4v) is 4.31. The minimum atomic E-state index is -0.628. The molecule has 0 N–H and O–H groups in total. The van der Waals surface area contributed by atoms with Crippen molar-refractivity contribution in [2.24, 2.45) is 0 Å². The standard InChI is InChI=1S/C26H28O2/c1-27-24-19-17-23(18-20-24)26(21-11-5-2-6-12-21,22-13-7-3-8-14-22)28-25-15-9-4-10-16-25/h2-3,5-8,11-14,17-20,25H,4,9-10,15-16H2,1H3. The lowest BCUT2D eigenvalue weighted by Gasteiger charge is -2.40. The van der Waals surface area contributed by atoms with Crippen LogP contribution in [0.15, 0.2) is 84.9 Å². The molecule has 0 spiro atoms. The van der Waals surface area contributed by atoms with Crippen LogP contribution in [0.2, 0.25) is 0 Å². The van der Waals surface area contributed by atoms with Gasteiger partial charge in [-0.3, -0.25) is 0 Å². The molecule has 2 nitrogen and oxygen atoms in total. The van der Waals surface area contributed by atoms with Crippen molar-refractivity contribution in [1.29, 1.82) is 0 Å². The number of methoxy groups -OCH3 is 1. The Morgan fingerprint density at radius 1 is 0.643 bits per heavy atom. The van der Waals surface area contributed by atoms with E-state index < -0.39 is 5.60 Å². The lowest BCUT2D eigenvalue weighted by molar-refractivity contribution is -0.0623. The quantitative estimate of drug-likeness (QED) is 0.470. The molecule has 1 aliphatic rings. The molecule has 2 heteroatoms. The predicted molar refractivity (Wildman–Crippen MR) is 114 cm³/mol. The zero-order valence-electron chi connectivity index (χ0n) is 16.5. The Hall–Kier alpha value is -2.58. The highest BCUT2D eigenvalue weighted by molar-refractivity contribution is 5.48. The summed E-state index contributed by atoms with van der Waals surface area (Å²) >= 11 is 0. The minimum absolute atomic E-state index is 0.260. The van der Waals surface area contributed by atoms with Gasteiger partial charge in [0.05, 0.1) is 13.2 Å². The van der Waals surface area contributed by atoms with Gasteiger partial charge in [0.25, 0.3) is 0 Å². The van der Waals surface area contributed by atoms with Crippen LogP contribution in [0.3, 0.4) is 0 Å². The van der Waals surface area contributed by atoms with Crippen LogP contribution < -0.4 is 4.74 Å². The molecule has 0 radical (unpaired) electrons. The summed E-state index contributed by atoms with van der Waals surface area (Å²) in [5.74, 6) is 0.858. The summed E-state index contributed by atoms with van der Waals surface area (Å²) in [6.07, 6.45) is 6.30. The Morgan fingerprint density at radius 2 is 1.14 bits per heavy atom. The highest BCUT2D eigenvalue weighted by atomic mass is 16.5. The lowest BCUT2D eigenvalue weighted by atomic mass is 9.79. The van der Waals surface area contributed by atoms with E-state index in [1.807, 2.05) is 12.1 Å². The van der Waals surface area contributed by atoms with Crippen LogP contribution in [-0.2, 0) is 10.3 Å². The van der Waals surface area contributed by atoms with Crippen molar-refractivity contribution >= 4 is 0 Å². The van der Waals surface area contributed by atoms with Gasteiger partial charge in [-0.1, -0.05) is 92.1 Å². The van der Waals surface area contributed by atoms with Crippen LogP contribution in [0, 0.1) is 0 Å². The fraction of sp³-hybridized carbons (Fsp3) is 0.308. The van der Waals surface area contributed by atoms with E-state index in [1.54, 1.807) is 7.11 Å². The van der Waals surface area contributed by atoms with Gasteiger partial charge in [0.2, 0.25) is 0 Å². The second-order valence-electron chi connectivity index (χ2n) is 7.52. The number of rotatable bonds is 6. The highest BCUT2D eigenvalue weighted by Crippen LogP contribution is 2.43. The number of hydrogen-bond donors (Lipinski definition) is 0. The zero-order valence-corrected chi connectivity index (χ0v) is 16.5. The van der Waals surface area contributed by atoms with Crippen LogP contribution >= 0.6 is 0 Å². The van der Waals surface area contributed by atoms with E-state index in [4.69, 9.17) is 9.47 Å². The zero-order chi connectivity index (χ0) is 19.2. The number of hydrogen-bond acceptors (Lipinski definition) is 2. The van der Waals surface area contributed by atoms with Gasteiger partial charge < -0.3 is 9.47 Å². The van der Waals surface area contributed by atoms with Crippen LogP contribution in [0.1, 0.15) is 48.8 Å². The molecule has 0 atom stereocenters. The fourth-order valence-electron chi connectivity index (χ4n) is 4.31. The molecule has 0 unspecified atom stereocenters. The number of benzene rings is 3. The second kappa shape index (κ2) is 8.62. The van der Waals surface area contributed by atoms with Gasteiger partial charge in [0, 0.05) is 0 Å². The molecule has 3 aromatic rings. The molecule has 4 rings (SSSR count). The van der Waals surface area contributed by atoms with Crippen molar-refractivity contribution in [2.75, 3.05) is 7.11 Å². The molecule has 144 valence electrons. The normalized spacial score (nSPS) is 15.3. The largest absolute Gasteiger partial charge is 0.497 e. The molecule has 0 saturated heterocycles. The Labute approximate surface area is 168 Å². The van der Waals surface area contributed by atoms with Crippen molar-refractivity contribution in [1.82, 2.24) is 0 Å². The topological polar surface area (TPSA) is 18.5 Å². The Kier molecular flexibility index (Phi) is 5.78. The van der Waals surface area contributed by atoms with E-state index in [0.717, 1.165) is 35.3 Å². The molecule has 0 bridgehead atoms. The molecule has 28 heavy (non-hydrogen) atoms. The first-order valence-corrected chi connectivity index (χ1v) is 10.3. The average molecular weight is 373 g/mol. The van der Waals surface area contributed by atoms with Crippen molar-refractivity contribution < 1.29 is 9.47 Å². The Morgan fingerprint density at radius 3 is 1.64 bits per heavy atom. The first-order chi connectivity index (χ1) is 13.8. The van der Waals surface area contributed by atoms with Gasteiger partial charge >= 0.3 is 0 Å². The summed E-state index contributed by atoms with van der Waals surface area (Å²) in [5, 5.41) is 0. The maximum atomic E-state index is 7.07. The maximum Gasteiger partial charge on any atom is 0.144 e. The van der Waals surface area contributed by atoms with Crippen LogP contribution in [0.25, 0.3) is 0 Å². The molecule has 1 aliphatic carbocycles. The molecule has 0 heterocycles. The Balaban J connectivity index is 1.90. The van der Waals surface area contributed by atoms with E-state index in [9.17, 15) is 0 Å². The predicted octanol–water partition coefficient (Wildman–Crippen LogP) is 6.34. The molecule has 0 aromatic heterocycles. The van der Waals surface area contributed by atoms with Gasteiger partial charge in [0.15, 0.2) is 0 Å². The molecule has 0 amide bonds. The molecular weight excluding hydrogens is 344 g/mol. The molecule has 0 aliphatic heterocycles. The van der Waals surface area contributed by atoms with Crippen molar-refractivity contribution in [2.45, 2.75) is 43.8 Å².